The first-order chi connectivity index (χ1) is 18.7. The van der Waals surface area contributed by atoms with Gasteiger partial charge in [-0.1, -0.05) is 6.07 Å². The van der Waals surface area contributed by atoms with E-state index < -0.39 is 6.09 Å². The molecule has 0 unspecified atom stereocenters. The molecule has 0 spiro atoms. The molecule has 10 nitrogen and oxygen atoms in total. The number of amides is 2. The minimum absolute atomic E-state index is 0.209. The van der Waals surface area contributed by atoms with Gasteiger partial charge in [0.25, 0.3) is 5.91 Å². The number of benzene rings is 1. The van der Waals surface area contributed by atoms with E-state index in [0.29, 0.717) is 24.5 Å². The zero-order chi connectivity index (χ0) is 27.7. The molecule has 200 valence electrons. The van der Waals surface area contributed by atoms with Crippen LogP contribution in [0.4, 0.5) is 10.6 Å². The van der Waals surface area contributed by atoms with Gasteiger partial charge in [0.05, 0.1) is 30.1 Å². The maximum atomic E-state index is 13.0. The number of imidazole rings is 1. The summed E-state index contributed by atoms with van der Waals surface area (Å²) in [6.07, 6.45) is 8.16. The predicted octanol–water partition coefficient (Wildman–Crippen LogP) is 4.94. The van der Waals surface area contributed by atoms with Gasteiger partial charge in [-0.3, -0.25) is 14.8 Å². The van der Waals surface area contributed by atoms with E-state index in [1.54, 1.807) is 37.1 Å². The predicted molar refractivity (Wildman–Crippen MR) is 149 cm³/mol. The highest BCUT2D eigenvalue weighted by Gasteiger charge is 2.16. The van der Waals surface area contributed by atoms with Crippen LogP contribution in [0.3, 0.4) is 0 Å². The smallest absolute Gasteiger partial charge is 0.413 e. The van der Waals surface area contributed by atoms with E-state index >= 15 is 0 Å². The third-order valence-electron chi connectivity index (χ3n) is 6.54. The molecule has 0 aliphatic heterocycles. The highest BCUT2D eigenvalue weighted by molar-refractivity contribution is 6.00. The second-order valence-corrected chi connectivity index (χ2v) is 9.94. The minimum atomic E-state index is -0.548. The van der Waals surface area contributed by atoms with Crippen molar-refractivity contribution >= 4 is 34.2 Å². The summed E-state index contributed by atoms with van der Waals surface area (Å²) in [6.45, 7) is 10.4. The topological polar surface area (TPSA) is 115 Å². The second kappa shape index (κ2) is 10.6. The summed E-state index contributed by atoms with van der Waals surface area (Å²) in [5.74, 6) is 0.229. The van der Waals surface area contributed by atoms with Crippen LogP contribution in [-0.4, -0.2) is 42.3 Å². The average Bonchev–Trinajstić information content (AvgIpc) is 3.50. The van der Waals surface area contributed by atoms with Crippen LogP contribution in [0.1, 0.15) is 52.2 Å². The van der Waals surface area contributed by atoms with Crippen LogP contribution in [0.5, 0.6) is 0 Å². The molecule has 1 aromatic carbocycles. The number of nitrogens with zero attached hydrogens (tertiary/aromatic N) is 5. The van der Waals surface area contributed by atoms with Crippen molar-refractivity contribution in [2.24, 2.45) is 0 Å². The van der Waals surface area contributed by atoms with Gasteiger partial charge in [-0.2, -0.15) is 5.10 Å². The Balaban J connectivity index is 1.28. The highest BCUT2D eigenvalue weighted by Crippen LogP contribution is 2.29. The number of carbonyl (C=O) groups excluding carboxylic acids is 2. The monoisotopic (exact) mass is 525 g/mol. The molecule has 10 heteroatoms. The molecule has 4 aromatic heterocycles. The lowest BCUT2D eigenvalue weighted by atomic mass is 9.96. The second-order valence-electron chi connectivity index (χ2n) is 9.94. The van der Waals surface area contributed by atoms with Crippen molar-refractivity contribution in [3.63, 3.8) is 0 Å². The van der Waals surface area contributed by atoms with Gasteiger partial charge in [-0.05, 0) is 80.5 Å². The Morgan fingerprint density at radius 1 is 1.05 bits per heavy atom. The van der Waals surface area contributed by atoms with Crippen LogP contribution in [0.15, 0.2) is 55.2 Å². The molecule has 5 aromatic rings. The van der Waals surface area contributed by atoms with E-state index in [0.717, 1.165) is 44.4 Å². The van der Waals surface area contributed by atoms with Gasteiger partial charge in [-0.15, -0.1) is 0 Å². The van der Waals surface area contributed by atoms with Gasteiger partial charge in [0.15, 0.2) is 0 Å². The fourth-order valence-electron chi connectivity index (χ4n) is 4.66. The third kappa shape index (κ3) is 5.59. The number of fused-ring (bicyclic) bond motifs is 2. The van der Waals surface area contributed by atoms with Crippen molar-refractivity contribution in [2.75, 3.05) is 5.32 Å². The molecule has 0 saturated carbocycles. The zero-order valence-electron chi connectivity index (χ0n) is 22.6. The van der Waals surface area contributed by atoms with Gasteiger partial charge < -0.3 is 14.5 Å². The van der Waals surface area contributed by atoms with Crippen molar-refractivity contribution in [2.45, 2.75) is 53.8 Å². The van der Waals surface area contributed by atoms with Crippen LogP contribution in [0.25, 0.3) is 16.4 Å². The van der Waals surface area contributed by atoms with E-state index in [2.05, 4.69) is 25.7 Å². The van der Waals surface area contributed by atoms with Gasteiger partial charge in [0.1, 0.15) is 11.5 Å². The SMILES string of the molecule is Cc1ccc2nc(Cn3cc(C(=O)NCc4c(C)cc5c(NC(=O)OC(C)C)nccc5c4C)cn3)cn2c1. The zero-order valence-corrected chi connectivity index (χ0v) is 22.6. The number of nitrogens with one attached hydrogen (secondary N) is 2. The van der Waals surface area contributed by atoms with E-state index in [4.69, 9.17) is 4.74 Å². The molecular formula is C29H31N7O3. The molecule has 0 bridgehead atoms. The molecular weight excluding hydrogens is 494 g/mol. The van der Waals surface area contributed by atoms with Gasteiger partial charge >= 0.3 is 6.09 Å². The molecule has 0 aliphatic carbocycles. The van der Waals surface area contributed by atoms with Crippen molar-refractivity contribution < 1.29 is 14.3 Å². The summed E-state index contributed by atoms with van der Waals surface area (Å²) < 4.78 is 8.90. The van der Waals surface area contributed by atoms with Crippen molar-refractivity contribution in [1.82, 2.24) is 29.5 Å². The van der Waals surface area contributed by atoms with Crippen molar-refractivity contribution in [3.8, 4) is 0 Å². The Kier molecular flexibility index (Phi) is 7.02. The standard InChI is InChI=1S/C29H31N7O3/c1-17(2)39-29(38)34-27-24-10-19(4)25(20(5)23(24)8-9-30-27)12-31-28(37)21-11-32-36(14-21)16-22-15-35-13-18(3)6-7-26(35)33-22/h6-11,13-15,17H,12,16H2,1-5H3,(H,31,37)(H,30,34,38). The molecule has 0 saturated heterocycles. The lowest BCUT2D eigenvalue weighted by Crippen LogP contribution is -2.23. The number of pyridine rings is 2. The molecule has 39 heavy (non-hydrogen) atoms. The van der Waals surface area contributed by atoms with Crippen molar-refractivity contribution in [3.05, 3.63) is 88.8 Å². The quantitative estimate of drug-likeness (QED) is 0.311. The van der Waals surface area contributed by atoms with E-state index in [9.17, 15) is 9.59 Å². The molecule has 0 radical (unpaired) electrons. The van der Waals surface area contributed by atoms with Crippen molar-refractivity contribution in [1.29, 1.82) is 0 Å². The Morgan fingerprint density at radius 3 is 2.67 bits per heavy atom. The fraction of sp³-hybridized carbons (Fsp3) is 0.276. The molecule has 0 fully saturated rings. The number of rotatable bonds is 7. The van der Waals surface area contributed by atoms with E-state index in [1.165, 1.54) is 0 Å². The van der Waals surface area contributed by atoms with Crippen LogP contribution < -0.4 is 10.6 Å². The average molecular weight is 526 g/mol. The first-order valence-corrected chi connectivity index (χ1v) is 12.8. The van der Waals surface area contributed by atoms with Crippen LogP contribution in [0, 0.1) is 20.8 Å². The van der Waals surface area contributed by atoms with Gasteiger partial charge in [0, 0.05) is 36.7 Å². The first kappa shape index (κ1) is 25.9. The number of anilines is 1. The molecule has 2 amide bonds. The van der Waals surface area contributed by atoms with Gasteiger partial charge in [-0.25, -0.2) is 14.8 Å². The summed E-state index contributed by atoms with van der Waals surface area (Å²) in [6, 6.07) is 7.87. The number of aromatic nitrogens is 5. The fourth-order valence-corrected chi connectivity index (χ4v) is 4.66. The van der Waals surface area contributed by atoms with E-state index in [-0.39, 0.29) is 12.0 Å². The van der Waals surface area contributed by atoms with Crippen LogP contribution in [-0.2, 0) is 17.8 Å². The lowest BCUT2D eigenvalue weighted by molar-refractivity contribution is 0.0950. The van der Waals surface area contributed by atoms with Crippen LogP contribution in [0.2, 0.25) is 0 Å². The Hall–Kier alpha value is -4.73. The maximum Gasteiger partial charge on any atom is 0.413 e. The summed E-state index contributed by atoms with van der Waals surface area (Å²) >= 11 is 0. The Labute approximate surface area is 226 Å². The number of aryl methyl sites for hydroxylation is 3. The van der Waals surface area contributed by atoms with E-state index in [1.807, 2.05) is 61.8 Å². The molecule has 5 rings (SSSR count). The minimum Gasteiger partial charge on any atom is -0.447 e. The highest BCUT2D eigenvalue weighted by atomic mass is 16.6. The third-order valence-corrected chi connectivity index (χ3v) is 6.54. The number of carbonyl (C=O) groups is 2. The molecule has 0 atom stereocenters. The lowest BCUT2D eigenvalue weighted by Gasteiger charge is -2.16. The largest absolute Gasteiger partial charge is 0.447 e. The normalized spacial score (nSPS) is 11.3. The number of ether oxygens (including phenoxy) is 1. The molecule has 2 N–H and O–H groups in total. The maximum absolute atomic E-state index is 13.0. The molecule has 0 aliphatic rings. The summed E-state index contributed by atoms with van der Waals surface area (Å²) in [4.78, 5) is 34.1. The van der Waals surface area contributed by atoms with Crippen LogP contribution >= 0.6 is 0 Å². The Bertz CT molecular complexity index is 1700. The first-order valence-electron chi connectivity index (χ1n) is 12.8. The van der Waals surface area contributed by atoms with Gasteiger partial charge in [0.2, 0.25) is 0 Å². The summed E-state index contributed by atoms with van der Waals surface area (Å²) in [5, 5.41) is 11.9. The summed E-state index contributed by atoms with van der Waals surface area (Å²) in [5.41, 5.74) is 6.35. The number of hydrogen-bond donors (Lipinski definition) is 2. The molecule has 4 heterocycles. The number of hydrogen-bond acceptors (Lipinski definition) is 6. The Morgan fingerprint density at radius 2 is 1.87 bits per heavy atom. The summed E-state index contributed by atoms with van der Waals surface area (Å²) in [7, 11) is 0.